The van der Waals surface area contributed by atoms with Gasteiger partial charge in [-0.3, -0.25) is 4.79 Å². The van der Waals surface area contributed by atoms with Crippen LogP contribution in [0.2, 0.25) is 0 Å². The first kappa shape index (κ1) is 21.0. The number of ether oxygens (including phenoxy) is 2. The number of hydrogen-bond donors (Lipinski definition) is 1. The number of phenolic OH excluding ortho intramolecular Hbond substituents is 1. The first-order valence-corrected chi connectivity index (χ1v) is 10.5. The molecular weight excluding hydrogens is 354 g/mol. The summed E-state index contributed by atoms with van der Waals surface area (Å²) in [5, 5.41) is 10.3. The summed E-state index contributed by atoms with van der Waals surface area (Å²) >= 11 is 0. The highest BCUT2D eigenvalue weighted by Gasteiger charge is 2.39. The van der Waals surface area contributed by atoms with Crippen molar-refractivity contribution in [1.82, 2.24) is 4.90 Å². The Balaban J connectivity index is 1.86. The summed E-state index contributed by atoms with van der Waals surface area (Å²) in [6.07, 6.45) is 5.59. The summed E-state index contributed by atoms with van der Waals surface area (Å²) in [7, 11) is 3.33. The van der Waals surface area contributed by atoms with Gasteiger partial charge in [0.05, 0.1) is 13.2 Å². The maximum atomic E-state index is 13.5. The van der Waals surface area contributed by atoms with Gasteiger partial charge < -0.3 is 19.5 Å². The zero-order valence-corrected chi connectivity index (χ0v) is 18.0. The predicted octanol–water partition coefficient (Wildman–Crippen LogP) is 3.95. The van der Waals surface area contributed by atoms with Crippen molar-refractivity contribution in [2.75, 3.05) is 20.8 Å². The zero-order valence-electron chi connectivity index (χ0n) is 18.0. The topological polar surface area (TPSA) is 59.0 Å². The quantitative estimate of drug-likeness (QED) is 0.850. The van der Waals surface area contributed by atoms with Gasteiger partial charge in [0.15, 0.2) is 11.5 Å². The van der Waals surface area contributed by atoms with Crippen molar-refractivity contribution in [3.05, 3.63) is 23.3 Å². The minimum Gasteiger partial charge on any atom is -0.504 e. The van der Waals surface area contributed by atoms with Crippen LogP contribution in [-0.2, 0) is 22.4 Å². The molecule has 1 saturated carbocycles. The summed E-state index contributed by atoms with van der Waals surface area (Å²) in [4.78, 5) is 15.6. The van der Waals surface area contributed by atoms with E-state index in [0.717, 1.165) is 44.1 Å². The van der Waals surface area contributed by atoms with Gasteiger partial charge >= 0.3 is 0 Å². The Morgan fingerprint density at radius 1 is 1.11 bits per heavy atom. The summed E-state index contributed by atoms with van der Waals surface area (Å²) < 4.78 is 10.8. The minimum atomic E-state index is -0.0451. The Morgan fingerprint density at radius 3 is 2.36 bits per heavy atom. The molecule has 3 rings (SSSR count). The van der Waals surface area contributed by atoms with E-state index in [-0.39, 0.29) is 23.1 Å². The van der Waals surface area contributed by atoms with Gasteiger partial charge in [0.25, 0.3) is 0 Å². The molecule has 28 heavy (non-hydrogen) atoms. The van der Waals surface area contributed by atoms with Crippen molar-refractivity contribution < 1.29 is 19.4 Å². The molecular formula is C23H35NO4. The summed E-state index contributed by atoms with van der Waals surface area (Å²) in [6, 6.07) is 3.86. The van der Waals surface area contributed by atoms with Gasteiger partial charge in [0.1, 0.15) is 0 Å². The second-order valence-corrected chi connectivity index (χ2v) is 9.37. The monoisotopic (exact) mass is 389 g/mol. The first-order valence-electron chi connectivity index (χ1n) is 10.5. The summed E-state index contributed by atoms with van der Waals surface area (Å²) in [5.41, 5.74) is 2.25. The first-order chi connectivity index (χ1) is 13.2. The lowest BCUT2D eigenvalue weighted by atomic mass is 9.80. The number of rotatable bonds is 3. The third-order valence-electron chi connectivity index (χ3n) is 6.55. The molecule has 1 heterocycles. The SMILES string of the molecule is COc1cc2c(cc1O)CC(C(C)(C)C)N(C(=O)C1CCC(OC)CC1)CC2. The molecule has 1 N–H and O–H groups in total. The van der Waals surface area contributed by atoms with Crippen LogP contribution >= 0.6 is 0 Å². The van der Waals surface area contributed by atoms with E-state index in [1.54, 1.807) is 14.2 Å². The van der Waals surface area contributed by atoms with Crippen LogP contribution in [0.4, 0.5) is 0 Å². The van der Waals surface area contributed by atoms with Crippen molar-refractivity contribution >= 4 is 5.91 Å². The van der Waals surface area contributed by atoms with E-state index in [2.05, 4.69) is 25.7 Å². The molecule has 0 radical (unpaired) electrons. The van der Waals surface area contributed by atoms with Crippen molar-refractivity contribution in [3.8, 4) is 11.5 Å². The largest absolute Gasteiger partial charge is 0.504 e. The van der Waals surface area contributed by atoms with Crippen molar-refractivity contribution in [3.63, 3.8) is 0 Å². The van der Waals surface area contributed by atoms with Crippen molar-refractivity contribution in [2.24, 2.45) is 11.3 Å². The molecule has 5 heteroatoms. The molecule has 1 atom stereocenters. The second-order valence-electron chi connectivity index (χ2n) is 9.37. The molecule has 5 nitrogen and oxygen atoms in total. The molecule has 1 fully saturated rings. The van der Waals surface area contributed by atoms with Gasteiger partial charge in [0.2, 0.25) is 5.91 Å². The van der Waals surface area contributed by atoms with E-state index in [4.69, 9.17) is 9.47 Å². The highest BCUT2D eigenvalue weighted by atomic mass is 16.5. The van der Waals surface area contributed by atoms with Crippen LogP contribution in [0.3, 0.4) is 0 Å². The highest BCUT2D eigenvalue weighted by molar-refractivity contribution is 5.79. The predicted molar refractivity (Wildman–Crippen MR) is 110 cm³/mol. The molecule has 156 valence electrons. The number of methoxy groups -OCH3 is 2. The van der Waals surface area contributed by atoms with E-state index in [1.165, 1.54) is 5.56 Å². The van der Waals surface area contributed by atoms with E-state index in [1.807, 2.05) is 12.1 Å². The molecule has 1 aromatic rings. The maximum absolute atomic E-state index is 13.5. The van der Waals surface area contributed by atoms with Gasteiger partial charge in [-0.1, -0.05) is 20.8 Å². The number of amides is 1. The Hall–Kier alpha value is -1.75. The van der Waals surface area contributed by atoms with Crippen LogP contribution in [0.5, 0.6) is 11.5 Å². The lowest BCUT2D eigenvalue weighted by molar-refractivity contribution is -0.142. The lowest BCUT2D eigenvalue weighted by Gasteiger charge is -2.41. The minimum absolute atomic E-state index is 0.0451. The molecule has 1 aliphatic carbocycles. The average Bonchev–Trinajstić information content (AvgIpc) is 2.86. The smallest absolute Gasteiger partial charge is 0.225 e. The Kier molecular flexibility index (Phi) is 6.23. The number of fused-ring (bicyclic) bond motifs is 1. The van der Waals surface area contributed by atoms with Gasteiger partial charge in [-0.15, -0.1) is 0 Å². The molecule has 2 aliphatic rings. The third kappa shape index (κ3) is 4.29. The van der Waals surface area contributed by atoms with Crippen LogP contribution in [0.1, 0.15) is 57.6 Å². The fourth-order valence-corrected chi connectivity index (χ4v) is 4.77. The number of benzene rings is 1. The molecule has 1 aliphatic heterocycles. The van der Waals surface area contributed by atoms with Gasteiger partial charge in [0, 0.05) is 25.6 Å². The van der Waals surface area contributed by atoms with E-state index in [9.17, 15) is 9.90 Å². The molecule has 1 amide bonds. The number of carbonyl (C=O) groups excluding carboxylic acids is 1. The summed E-state index contributed by atoms with van der Waals surface area (Å²) in [6.45, 7) is 7.32. The van der Waals surface area contributed by atoms with Gasteiger partial charge in [-0.05, 0) is 67.2 Å². The third-order valence-corrected chi connectivity index (χ3v) is 6.55. The lowest BCUT2D eigenvalue weighted by Crippen LogP contribution is -2.51. The zero-order chi connectivity index (χ0) is 20.5. The van der Waals surface area contributed by atoms with Crippen LogP contribution in [0, 0.1) is 11.3 Å². The normalized spacial score (nSPS) is 25.8. The summed E-state index contributed by atoms with van der Waals surface area (Å²) in [5.74, 6) is 1.06. The number of carbonyl (C=O) groups is 1. The molecule has 0 aromatic heterocycles. The van der Waals surface area contributed by atoms with Crippen LogP contribution in [0.15, 0.2) is 12.1 Å². The Labute approximate surface area is 169 Å². The Morgan fingerprint density at radius 2 is 1.79 bits per heavy atom. The van der Waals surface area contributed by atoms with Crippen molar-refractivity contribution in [2.45, 2.75) is 71.4 Å². The molecule has 1 aromatic carbocycles. The van der Waals surface area contributed by atoms with Crippen molar-refractivity contribution in [1.29, 1.82) is 0 Å². The fraction of sp³-hybridized carbons (Fsp3) is 0.696. The molecule has 0 saturated heterocycles. The molecule has 0 spiro atoms. The standard InChI is InChI=1S/C23H35NO4/c1-23(2,3)21-14-17-12-19(25)20(28-5)13-16(17)10-11-24(21)22(26)15-6-8-18(27-4)9-7-15/h12-13,15,18,21,25H,6-11,14H2,1-5H3. The molecule has 1 unspecified atom stereocenters. The van der Waals surface area contributed by atoms with Crippen LogP contribution < -0.4 is 4.74 Å². The van der Waals surface area contributed by atoms with E-state index in [0.29, 0.717) is 24.3 Å². The number of aromatic hydroxyl groups is 1. The van der Waals surface area contributed by atoms with Crippen LogP contribution in [-0.4, -0.2) is 48.8 Å². The maximum Gasteiger partial charge on any atom is 0.225 e. The van der Waals surface area contributed by atoms with Gasteiger partial charge in [-0.2, -0.15) is 0 Å². The van der Waals surface area contributed by atoms with Crippen LogP contribution in [0.25, 0.3) is 0 Å². The highest BCUT2D eigenvalue weighted by Crippen LogP contribution is 2.38. The Bertz CT molecular complexity index is 701. The average molecular weight is 390 g/mol. The van der Waals surface area contributed by atoms with E-state index < -0.39 is 0 Å². The molecule has 0 bridgehead atoms. The number of nitrogens with zero attached hydrogens (tertiary/aromatic N) is 1. The number of hydrogen-bond acceptors (Lipinski definition) is 4. The van der Waals surface area contributed by atoms with E-state index >= 15 is 0 Å². The second kappa shape index (κ2) is 8.32. The van der Waals surface area contributed by atoms with Gasteiger partial charge in [-0.25, -0.2) is 0 Å². The number of phenols is 1. The fourth-order valence-electron chi connectivity index (χ4n) is 4.77.